The molecule has 1 aliphatic rings. The number of nitrogens with zero attached hydrogens (tertiary/aromatic N) is 3. The van der Waals surface area contributed by atoms with Crippen molar-refractivity contribution >= 4 is 22.6 Å². The molecule has 1 N–H and O–H groups in total. The van der Waals surface area contributed by atoms with Gasteiger partial charge in [-0.2, -0.15) is 5.10 Å². The van der Waals surface area contributed by atoms with Gasteiger partial charge in [-0.25, -0.2) is 9.18 Å². The van der Waals surface area contributed by atoms with Gasteiger partial charge in [-0.15, -0.1) is 0 Å². The number of nitrogens with one attached hydrogen (secondary N) is 1. The number of anilines is 1. The number of aryl methyl sites for hydroxylation is 1. The third-order valence-corrected chi connectivity index (χ3v) is 4.43. The van der Waals surface area contributed by atoms with Crippen LogP contribution in [0.3, 0.4) is 0 Å². The van der Waals surface area contributed by atoms with Crippen molar-refractivity contribution in [3.05, 3.63) is 23.6 Å². The second-order valence-electron chi connectivity index (χ2n) is 5.71. The Labute approximate surface area is 134 Å². The van der Waals surface area contributed by atoms with Crippen molar-refractivity contribution in [2.75, 3.05) is 32.1 Å². The Balaban J connectivity index is 2.16. The summed E-state index contributed by atoms with van der Waals surface area (Å²) in [6.45, 7) is 4.25. The number of carbonyl (C=O) groups is 1. The lowest BCUT2D eigenvalue weighted by Crippen LogP contribution is -2.29. The predicted octanol–water partition coefficient (Wildman–Crippen LogP) is 1.78. The highest BCUT2D eigenvalue weighted by Gasteiger charge is 2.27. The summed E-state index contributed by atoms with van der Waals surface area (Å²) < 4.78 is 21.0. The third kappa shape index (κ3) is 2.65. The lowest BCUT2D eigenvalue weighted by molar-refractivity contribution is 0.0597. The predicted molar refractivity (Wildman–Crippen MR) is 86.4 cm³/mol. The molecule has 23 heavy (non-hydrogen) atoms. The summed E-state index contributed by atoms with van der Waals surface area (Å²) in [7, 11) is 3.18. The van der Waals surface area contributed by atoms with E-state index in [-0.39, 0.29) is 5.56 Å². The smallest absolute Gasteiger partial charge is 0.343 e. The van der Waals surface area contributed by atoms with Crippen LogP contribution in [0.15, 0.2) is 12.3 Å². The number of esters is 1. The van der Waals surface area contributed by atoms with Gasteiger partial charge in [0.1, 0.15) is 16.9 Å². The summed E-state index contributed by atoms with van der Waals surface area (Å²) >= 11 is 0. The molecule has 1 aliphatic heterocycles. The van der Waals surface area contributed by atoms with E-state index in [0.29, 0.717) is 18.1 Å². The normalized spacial score (nSPS) is 17.9. The second kappa shape index (κ2) is 6.16. The minimum atomic E-state index is -0.699. The zero-order valence-electron chi connectivity index (χ0n) is 13.6. The highest BCUT2D eigenvalue weighted by Crippen LogP contribution is 2.33. The molecular weight excluding hydrogens is 299 g/mol. The van der Waals surface area contributed by atoms with Gasteiger partial charge in [0.05, 0.1) is 12.8 Å². The Kier molecular flexibility index (Phi) is 4.21. The van der Waals surface area contributed by atoms with Crippen LogP contribution < -0.4 is 10.2 Å². The Morgan fingerprint density at radius 1 is 1.57 bits per heavy atom. The average Bonchev–Trinajstić information content (AvgIpc) is 3.19. The number of likely N-dealkylation sites (N-methyl/N-ethyl adjacent to an activating group) is 1. The van der Waals surface area contributed by atoms with Crippen LogP contribution in [0.5, 0.6) is 0 Å². The van der Waals surface area contributed by atoms with Crippen LogP contribution in [0.4, 0.5) is 10.1 Å². The fraction of sp³-hybridized carbons (Fsp3) is 0.500. The van der Waals surface area contributed by atoms with Gasteiger partial charge in [0, 0.05) is 37.3 Å². The van der Waals surface area contributed by atoms with Gasteiger partial charge in [-0.05, 0) is 26.5 Å². The number of benzene rings is 1. The molecule has 124 valence electrons. The quantitative estimate of drug-likeness (QED) is 0.870. The lowest BCUT2D eigenvalue weighted by atomic mass is 10.1. The summed E-state index contributed by atoms with van der Waals surface area (Å²) in [5.74, 6) is -1.29. The molecular formula is C16H21FN4O2. The van der Waals surface area contributed by atoms with E-state index in [1.54, 1.807) is 4.68 Å². The van der Waals surface area contributed by atoms with E-state index in [1.165, 1.54) is 13.2 Å². The van der Waals surface area contributed by atoms with Crippen molar-refractivity contribution < 1.29 is 13.9 Å². The molecule has 2 heterocycles. The number of ether oxygens (including phenoxy) is 1. The van der Waals surface area contributed by atoms with E-state index >= 15 is 0 Å². The molecule has 1 atom stereocenters. The van der Waals surface area contributed by atoms with Gasteiger partial charge in [0.25, 0.3) is 0 Å². The fourth-order valence-corrected chi connectivity index (χ4v) is 3.11. The van der Waals surface area contributed by atoms with Crippen molar-refractivity contribution in [3.63, 3.8) is 0 Å². The van der Waals surface area contributed by atoms with Crippen molar-refractivity contribution in [1.29, 1.82) is 0 Å². The van der Waals surface area contributed by atoms with Crippen LogP contribution in [0, 0.1) is 5.82 Å². The molecule has 1 aromatic heterocycles. The number of hydrogen-bond acceptors (Lipinski definition) is 5. The van der Waals surface area contributed by atoms with E-state index in [2.05, 4.69) is 15.3 Å². The number of fused-ring (bicyclic) bond motifs is 1. The second-order valence-corrected chi connectivity index (χ2v) is 5.71. The summed E-state index contributed by atoms with van der Waals surface area (Å²) in [5, 5.41) is 8.40. The minimum Gasteiger partial charge on any atom is -0.465 e. The number of carbonyl (C=O) groups excluding carboxylic acids is 1. The van der Waals surface area contributed by atoms with Crippen LogP contribution in [-0.2, 0) is 11.3 Å². The molecule has 0 radical (unpaired) electrons. The maximum Gasteiger partial charge on any atom is 0.343 e. The van der Waals surface area contributed by atoms with Gasteiger partial charge in [-0.3, -0.25) is 4.68 Å². The Bertz CT molecular complexity index is 743. The highest BCUT2D eigenvalue weighted by atomic mass is 19.1. The summed E-state index contributed by atoms with van der Waals surface area (Å²) in [4.78, 5) is 14.1. The van der Waals surface area contributed by atoms with E-state index < -0.39 is 11.8 Å². The number of halogens is 1. The number of hydrogen-bond donors (Lipinski definition) is 1. The maximum atomic E-state index is 14.6. The molecule has 7 heteroatoms. The van der Waals surface area contributed by atoms with Crippen LogP contribution in [0.1, 0.15) is 23.7 Å². The van der Waals surface area contributed by atoms with Crippen molar-refractivity contribution in [2.45, 2.75) is 25.9 Å². The van der Waals surface area contributed by atoms with Gasteiger partial charge in [0.15, 0.2) is 0 Å². The van der Waals surface area contributed by atoms with Crippen LogP contribution in [0.25, 0.3) is 10.9 Å². The van der Waals surface area contributed by atoms with Crippen LogP contribution in [0.2, 0.25) is 0 Å². The number of methoxy groups -OCH3 is 1. The molecule has 1 aromatic carbocycles. The van der Waals surface area contributed by atoms with E-state index in [0.717, 1.165) is 30.6 Å². The summed E-state index contributed by atoms with van der Waals surface area (Å²) in [6, 6.07) is 1.81. The molecule has 3 rings (SSSR count). The first-order chi connectivity index (χ1) is 11.1. The molecule has 1 saturated heterocycles. The van der Waals surface area contributed by atoms with E-state index in [9.17, 15) is 9.18 Å². The first-order valence-corrected chi connectivity index (χ1v) is 7.79. The molecule has 0 saturated carbocycles. The minimum absolute atomic E-state index is 0.0946. The van der Waals surface area contributed by atoms with Gasteiger partial charge in [0.2, 0.25) is 0 Å². The van der Waals surface area contributed by atoms with E-state index in [4.69, 9.17) is 4.74 Å². The number of rotatable bonds is 4. The van der Waals surface area contributed by atoms with Crippen LogP contribution in [-0.4, -0.2) is 49.0 Å². The summed E-state index contributed by atoms with van der Waals surface area (Å²) in [6.07, 6.45) is 2.86. The maximum absolute atomic E-state index is 14.6. The van der Waals surface area contributed by atoms with Crippen molar-refractivity contribution in [2.24, 2.45) is 0 Å². The van der Waals surface area contributed by atoms with Crippen LogP contribution >= 0.6 is 0 Å². The standard InChI is InChI=1S/C16H21FN4O2/c1-4-21-9-11-13(20-6-5-10(8-20)18-2)7-12(17)14(15(11)19-21)16(22)23-3/h7,9-10,18H,4-6,8H2,1-3H3/t10-/m0/s1. The third-order valence-electron chi connectivity index (χ3n) is 4.43. The lowest BCUT2D eigenvalue weighted by Gasteiger charge is -2.20. The summed E-state index contributed by atoms with van der Waals surface area (Å²) in [5.41, 5.74) is 1.05. The Morgan fingerprint density at radius 3 is 2.96 bits per heavy atom. The molecule has 0 amide bonds. The molecule has 0 spiro atoms. The SMILES string of the molecule is CCn1cc2c(N3CC[C@H](NC)C3)cc(F)c(C(=O)OC)c2n1. The first kappa shape index (κ1) is 15.7. The zero-order chi connectivity index (χ0) is 16.6. The zero-order valence-corrected chi connectivity index (χ0v) is 13.6. The Hall–Kier alpha value is -2.15. The van der Waals surface area contributed by atoms with Gasteiger partial charge < -0.3 is 15.0 Å². The number of aromatic nitrogens is 2. The molecule has 0 aliphatic carbocycles. The average molecular weight is 320 g/mol. The van der Waals surface area contributed by atoms with Crippen molar-refractivity contribution in [1.82, 2.24) is 15.1 Å². The monoisotopic (exact) mass is 320 g/mol. The molecule has 2 aromatic rings. The van der Waals surface area contributed by atoms with E-state index in [1.807, 2.05) is 20.2 Å². The fourth-order valence-electron chi connectivity index (χ4n) is 3.11. The molecule has 0 bridgehead atoms. The highest BCUT2D eigenvalue weighted by molar-refractivity contribution is 6.07. The largest absolute Gasteiger partial charge is 0.465 e. The molecule has 1 fully saturated rings. The topological polar surface area (TPSA) is 59.4 Å². The molecule has 0 unspecified atom stereocenters. The first-order valence-electron chi connectivity index (χ1n) is 7.79. The molecule has 6 nitrogen and oxygen atoms in total. The Morgan fingerprint density at radius 2 is 2.35 bits per heavy atom. The van der Waals surface area contributed by atoms with Gasteiger partial charge >= 0.3 is 5.97 Å². The van der Waals surface area contributed by atoms with Gasteiger partial charge in [-0.1, -0.05) is 0 Å². The van der Waals surface area contributed by atoms with Crippen molar-refractivity contribution in [3.8, 4) is 0 Å².